The third-order valence-electron chi connectivity index (χ3n) is 5.52. The van der Waals surface area contributed by atoms with Crippen LogP contribution in [0.3, 0.4) is 0 Å². The SMILES string of the molecule is CCOC(=O)C1=C(CSc2nc(-c3ccccc3)ccc2C#N)OC(N)=C(C#N)[C@@H]1c1ccccc1. The van der Waals surface area contributed by atoms with Gasteiger partial charge in [-0.1, -0.05) is 72.4 Å². The van der Waals surface area contributed by atoms with Crippen LogP contribution in [0.5, 0.6) is 0 Å². The predicted octanol–water partition coefficient (Wildman–Crippen LogP) is 5.04. The van der Waals surface area contributed by atoms with E-state index in [0.29, 0.717) is 16.2 Å². The molecule has 178 valence electrons. The summed E-state index contributed by atoms with van der Waals surface area (Å²) in [5.74, 6) is -0.981. The van der Waals surface area contributed by atoms with Crippen LogP contribution in [-0.2, 0) is 14.3 Å². The van der Waals surface area contributed by atoms with Crippen molar-refractivity contribution in [1.29, 1.82) is 10.5 Å². The second-order valence-electron chi connectivity index (χ2n) is 7.71. The quantitative estimate of drug-likeness (QED) is 0.358. The first-order valence-electron chi connectivity index (χ1n) is 11.2. The van der Waals surface area contributed by atoms with Crippen LogP contribution in [0.25, 0.3) is 11.3 Å². The molecule has 2 heterocycles. The van der Waals surface area contributed by atoms with E-state index in [1.807, 2.05) is 60.7 Å². The number of pyridine rings is 1. The molecule has 1 aliphatic heterocycles. The van der Waals surface area contributed by atoms with Gasteiger partial charge in [-0.25, -0.2) is 9.78 Å². The van der Waals surface area contributed by atoms with Crippen molar-refractivity contribution in [2.24, 2.45) is 5.73 Å². The van der Waals surface area contributed by atoms with E-state index in [1.165, 1.54) is 11.8 Å². The number of allylic oxidation sites excluding steroid dienone is 1. The predicted molar refractivity (Wildman–Crippen MR) is 136 cm³/mol. The molecule has 4 rings (SSSR count). The van der Waals surface area contributed by atoms with Gasteiger partial charge in [0.05, 0.1) is 35.1 Å². The van der Waals surface area contributed by atoms with E-state index >= 15 is 0 Å². The number of carbonyl (C=O) groups is 1. The minimum Gasteiger partial charge on any atom is -0.463 e. The molecule has 1 aliphatic rings. The van der Waals surface area contributed by atoms with Crippen LogP contribution in [0.15, 0.2) is 101 Å². The number of rotatable bonds is 7. The highest BCUT2D eigenvalue weighted by atomic mass is 32.2. The Morgan fingerprint density at radius 2 is 1.75 bits per heavy atom. The summed E-state index contributed by atoms with van der Waals surface area (Å²) in [5, 5.41) is 20.0. The zero-order chi connectivity index (χ0) is 25.5. The van der Waals surface area contributed by atoms with Gasteiger partial charge >= 0.3 is 5.97 Å². The number of nitrogens with two attached hydrogens (primary N) is 1. The van der Waals surface area contributed by atoms with E-state index in [4.69, 9.17) is 15.2 Å². The molecule has 0 radical (unpaired) electrons. The summed E-state index contributed by atoms with van der Waals surface area (Å²) in [4.78, 5) is 17.8. The Morgan fingerprint density at radius 1 is 1.06 bits per heavy atom. The van der Waals surface area contributed by atoms with Gasteiger partial charge in [0.25, 0.3) is 0 Å². The standard InChI is InChI=1S/C28H22N4O3S/c1-2-34-28(33)25-23(35-26(31)21(16-30)24(25)19-11-7-4-8-12-19)17-36-27-20(15-29)13-14-22(32-27)18-9-5-3-6-10-18/h3-14,24H,2,17,31H2,1H3/t24-/m0/s1. The van der Waals surface area contributed by atoms with Gasteiger partial charge in [0.2, 0.25) is 5.88 Å². The van der Waals surface area contributed by atoms with Crippen LogP contribution in [0.1, 0.15) is 24.0 Å². The molecule has 0 saturated carbocycles. The molecule has 7 nitrogen and oxygen atoms in total. The molecule has 0 aliphatic carbocycles. The number of benzene rings is 2. The molecule has 1 aromatic heterocycles. The van der Waals surface area contributed by atoms with Crippen molar-refractivity contribution in [3.05, 3.63) is 107 Å². The molecule has 1 atom stereocenters. The average molecular weight is 495 g/mol. The lowest BCUT2D eigenvalue weighted by molar-refractivity contribution is -0.139. The molecule has 2 aromatic carbocycles. The first-order chi connectivity index (χ1) is 17.6. The summed E-state index contributed by atoms with van der Waals surface area (Å²) in [6.07, 6.45) is 0. The number of aromatic nitrogens is 1. The third-order valence-corrected chi connectivity index (χ3v) is 6.51. The van der Waals surface area contributed by atoms with Gasteiger partial charge < -0.3 is 15.2 Å². The van der Waals surface area contributed by atoms with Crippen LogP contribution in [0.4, 0.5) is 0 Å². The fraction of sp³-hybridized carbons (Fsp3) is 0.143. The highest BCUT2D eigenvalue weighted by Gasteiger charge is 2.37. The minimum absolute atomic E-state index is 0.0681. The largest absolute Gasteiger partial charge is 0.463 e. The highest BCUT2D eigenvalue weighted by Crippen LogP contribution is 2.41. The van der Waals surface area contributed by atoms with Gasteiger partial charge in [-0.05, 0) is 24.6 Å². The summed E-state index contributed by atoms with van der Waals surface area (Å²) in [7, 11) is 0. The summed E-state index contributed by atoms with van der Waals surface area (Å²) >= 11 is 1.25. The lowest BCUT2D eigenvalue weighted by Gasteiger charge is -2.28. The number of hydrogen-bond acceptors (Lipinski definition) is 8. The zero-order valence-corrected chi connectivity index (χ0v) is 20.3. The fourth-order valence-electron chi connectivity index (χ4n) is 3.88. The zero-order valence-electron chi connectivity index (χ0n) is 19.5. The van der Waals surface area contributed by atoms with Crippen LogP contribution < -0.4 is 5.73 Å². The van der Waals surface area contributed by atoms with Crippen molar-refractivity contribution in [2.75, 3.05) is 12.4 Å². The minimum atomic E-state index is -0.737. The first-order valence-corrected chi connectivity index (χ1v) is 12.2. The van der Waals surface area contributed by atoms with E-state index < -0.39 is 11.9 Å². The monoisotopic (exact) mass is 494 g/mol. The van der Waals surface area contributed by atoms with Crippen LogP contribution >= 0.6 is 11.8 Å². The number of carbonyl (C=O) groups excluding carboxylic acids is 1. The van der Waals surface area contributed by atoms with Crippen molar-refractivity contribution >= 4 is 17.7 Å². The van der Waals surface area contributed by atoms with Crippen LogP contribution in [0.2, 0.25) is 0 Å². The number of hydrogen-bond donors (Lipinski definition) is 1. The van der Waals surface area contributed by atoms with E-state index in [2.05, 4.69) is 17.1 Å². The topological polar surface area (TPSA) is 122 Å². The Balaban J connectivity index is 1.75. The van der Waals surface area contributed by atoms with Crippen molar-refractivity contribution in [2.45, 2.75) is 17.9 Å². The second kappa shape index (κ2) is 11.3. The van der Waals surface area contributed by atoms with Crippen LogP contribution in [0, 0.1) is 22.7 Å². The van der Waals surface area contributed by atoms with Gasteiger partial charge in [-0.15, -0.1) is 0 Å². The molecule has 0 fully saturated rings. The van der Waals surface area contributed by atoms with E-state index in [1.54, 1.807) is 19.1 Å². The van der Waals surface area contributed by atoms with E-state index in [9.17, 15) is 15.3 Å². The highest BCUT2D eigenvalue weighted by molar-refractivity contribution is 7.99. The molecule has 0 bridgehead atoms. The molecule has 0 saturated heterocycles. The Morgan fingerprint density at radius 3 is 2.39 bits per heavy atom. The number of nitrogens with zero attached hydrogens (tertiary/aromatic N) is 3. The summed E-state index contributed by atoms with van der Waals surface area (Å²) in [6.45, 7) is 1.87. The fourth-order valence-corrected chi connectivity index (χ4v) is 4.79. The molecule has 8 heteroatoms. The Labute approximate surface area is 213 Å². The molecule has 0 spiro atoms. The maximum absolute atomic E-state index is 13.1. The van der Waals surface area contributed by atoms with E-state index in [-0.39, 0.29) is 35.1 Å². The number of esters is 1. The molecule has 0 unspecified atom stereocenters. The Kier molecular flexibility index (Phi) is 7.69. The van der Waals surface area contributed by atoms with Crippen molar-refractivity contribution in [3.63, 3.8) is 0 Å². The summed E-state index contributed by atoms with van der Waals surface area (Å²) in [6, 6.07) is 26.5. The van der Waals surface area contributed by atoms with E-state index in [0.717, 1.165) is 11.3 Å². The third kappa shape index (κ3) is 5.10. The van der Waals surface area contributed by atoms with Crippen molar-refractivity contribution in [1.82, 2.24) is 4.98 Å². The van der Waals surface area contributed by atoms with Crippen LogP contribution in [-0.4, -0.2) is 23.3 Å². The van der Waals surface area contributed by atoms with Gasteiger partial charge in [0.1, 0.15) is 28.5 Å². The molecule has 36 heavy (non-hydrogen) atoms. The van der Waals surface area contributed by atoms with Gasteiger partial charge in [-0.2, -0.15) is 10.5 Å². The summed E-state index contributed by atoms with van der Waals surface area (Å²) < 4.78 is 11.2. The smallest absolute Gasteiger partial charge is 0.338 e. The maximum atomic E-state index is 13.1. The lowest BCUT2D eigenvalue weighted by atomic mass is 9.83. The normalized spacial score (nSPS) is 15.0. The Hall–Kier alpha value is -4.53. The number of thioether (sulfide) groups is 1. The molecular formula is C28H22N4O3S. The van der Waals surface area contributed by atoms with Crippen molar-refractivity contribution in [3.8, 4) is 23.4 Å². The van der Waals surface area contributed by atoms with Gasteiger partial charge in [0.15, 0.2) is 0 Å². The van der Waals surface area contributed by atoms with Gasteiger partial charge in [-0.3, -0.25) is 0 Å². The second-order valence-corrected chi connectivity index (χ2v) is 8.67. The molecule has 3 aromatic rings. The molecular weight excluding hydrogens is 472 g/mol. The number of ether oxygens (including phenoxy) is 2. The van der Waals surface area contributed by atoms with Gasteiger partial charge in [0, 0.05) is 5.56 Å². The first kappa shape index (κ1) is 24.6. The average Bonchev–Trinajstić information content (AvgIpc) is 2.92. The maximum Gasteiger partial charge on any atom is 0.338 e. The summed E-state index contributed by atoms with van der Waals surface area (Å²) in [5.41, 5.74) is 9.23. The lowest BCUT2D eigenvalue weighted by Crippen LogP contribution is -2.27. The Bertz CT molecular complexity index is 1420. The molecule has 2 N–H and O–H groups in total. The molecule has 0 amide bonds. The number of nitriles is 2. The van der Waals surface area contributed by atoms with Crippen molar-refractivity contribution < 1.29 is 14.3 Å².